The Hall–Kier alpha value is -0.530. The van der Waals surface area contributed by atoms with E-state index in [1.807, 2.05) is 6.07 Å². The van der Waals surface area contributed by atoms with Crippen molar-refractivity contribution in [1.29, 1.82) is 0 Å². The molecule has 1 nitrogen and oxygen atoms in total. The smallest absolute Gasteiger partial charge is 0.0409 e. The highest BCUT2D eigenvalue weighted by Gasteiger charge is 2.21. The summed E-state index contributed by atoms with van der Waals surface area (Å²) in [5, 5.41) is 4.53. The van der Waals surface area contributed by atoms with Gasteiger partial charge in [-0.15, -0.1) is 0 Å². The van der Waals surface area contributed by atoms with Crippen LogP contribution in [-0.4, -0.2) is 6.54 Å². The van der Waals surface area contributed by atoms with Crippen LogP contribution in [0.1, 0.15) is 50.3 Å². The molecule has 2 atom stereocenters. The van der Waals surface area contributed by atoms with Gasteiger partial charge in [-0.2, -0.15) is 0 Å². The minimum Gasteiger partial charge on any atom is -0.310 e. The molecule has 0 radical (unpaired) electrons. The van der Waals surface area contributed by atoms with E-state index in [2.05, 4.69) is 31.3 Å². The molecule has 1 aliphatic carbocycles. The highest BCUT2D eigenvalue weighted by molar-refractivity contribution is 6.30. The van der Waals surface area contributed by atoms with E-state index in [0.29, 0.717) is 6.04 Å². The highest BCUT2D eigenvalue weighted by Crippen LogP contribution is 2.33. The van der Waals surface area contributed by atoms with Crippen LogP contribution >= 0.6 is 11.6 Å². The predicted octanol–water partition coefficient (Wildman–Crippen LogP) is 4.35. The normalized spacial score (nSPS) is 24.2. The molecule has 1 aromatic rings. The fourth-order valence-corrected chi connectivity index (χ4v) is 2.86. The first-order chi connectivity index (χ1) is 8.20. The SMILES string of the molecule is CCCNC1CC(C)CCc2ccc(Cl)cc21. The summed E-state index contributed by atoms with van der Waals surface area (Å²) in [6.07, 6.45) is 4.89. The average Bonchev–Trinajstić information content (AvgIpc) is 2.47. The zero-order valence-electron chi connectivity index (χ0n) is 10.8. The Kier molecular flexibility index (Phi) is 4.47. The molecule has 0 aliphatic heterocycles. The minimum atomic E-state index is 0.487. The molecule has 0 bridgehead atoms. The van der Waals surface area contributed by atoms with Gasteiger partial charge in [0, 0.05) is 11.1 Å². The standard InChI is InChI=1S/C15H22ClN/c1-3-8-17-15-9-11(2)4-5-12-6-7-13(16)10-14(12)15/h6-7,10-11,15,17H,3-5,8-9H2,1-2H3. The summed E-state index contributed by atoms with van der Waals surface area (Å²) in [6.45, 7) is 5.66. The van der Waals surface area contributed by atoms with E-state index in [1.165, 1.54) is 36.8 Å². The highest BCUT2D eigenvalue weighted by atomic mass is 35.5. The van der Waals surface area contributed by atoms with E-state index in [9.17, 15) is 0 Å². The molecule has 94 valence electrons. The van der Waals surface area contributed by atoms with Gasteiger partial charge in [-0.3, -0.25) is 0 Å². The van der Waals surface area contributed by atoms with Crippen LogP contribution in [0.25, 0.3) is 0 Å². The minimum absolute atomic E-state index is 0.487. The van der Waals surface area contributed by atoms with Gasteiger partial charge in [0.25, 0.3) is 0 Å². The van der Waals surface area contributed by atoms with Crippen molar-refractivity contribution in [2.45, 2.75) is 45.6 Å². The van der Waals surface area contributed by atoms with E-state index >= 15 is 0 Å². The molecule has 1 N–H and O–H groups in total. The number of halogens is 1. The first-order valence-electron chi connectivity index (χ1n) is 6.72. The molecule has 2 heteroatoms. The molecule has 0 saturated heterocycles. The van der Waals surface area contributed by atoms with Crippen molar-refractivity contribution in [2.24, 2.45) is 5.92 Å². The third-order valence-corrected chi connectivity index (χ3v) is 3.90. The van der Waals surface area contributed by atoms with E-state index in [-0.39, 0.29) is 0 Å². The molecule has 0 heterocycles. The Morgan fingerprint density at radius 1 is 1.41 bits per heavy atom. The zero-order chi connectivity index (χ0) is 12.3. The molecule has 1 aliphatic rings. The summed E-state index contributed by atoms with van der Waals surface area (Å²) in [5.41, 5.74) is 2.91. The third-order valence-electron chi connectivity index (χ3n) is 3.67. The fourth-order valence-electron chi connectivity index (χ4n) is 2.68. The third kappa shape index (κ3) is 3.23. The van der Waals surface area contributed by atoms with Crippen molar-refractivity contribution in [1.82, 2.24) is 5.32 Å². The molecule has 1 aromatic carbocycles. The number of rotatable bonds is 3. The lowest BCUT2D eigenvalue weighted by atomic mass is 9.97. The lowest BCUT2D eigenvalue weighted by Gasteiger charge is -2.21. The van der Waals surface area contributed by atoms with Crippen molar-refractivity contribution in [3.05, 3.63) is 34.3 Å². The maximum Gasteiger partial charge on any atom is 0.0409 e. The molecule has 2 rings (SSSR count). The van der Waals surface area contributed by atoms with Crippen molar-refractivity contribution in [3.8, 4) is 0 Å². The first kappa shape index (κ1) is 12.9. The van der Waals surface area contributed by atoms with Crippen LogP contribution in [0.4, 0.5) is 0 Å². The van der Waals surface area contributed by atoms with E-state index < -0.39 is 0 Å². The predicted molar refractivity (Wildman–Crippen MR) is 74.6 cm³/mol. The second-order valence-corrected chi connectivity index (χ2v) is 5.67. The van der Waals surface area contributed by atoms with Crippen molar-refractivity contribution in [2.75, 3.05) is 6.54 Å². The van der Waals surface area contributed by atoms with Gasteiger partial charge in [-0.25, -0.2) is 0 Å². The Balaban J connectivity index is 2.27. The molecular weight excluding hydrogens is 230 g/mol. The van der Waals surface area contributed by atoms with Crippen LogP contribution in [0.5, 0.6) is 0 Å². The Labute approximate surface area is 110 Å². The van der Waals surface area contributed by atoms with Gasteiger partial charge >= 0.3 is 0 Å². The summed E-state index contributed by atoms with van der Waals surface area (Å²) in [4.78, 5) is 0. The van der Waals surface area contributed by atoms with Gasteiger partial charge in [0.1, 0.15) is 0 Å². The topological polar surface area (TPSA) is 12.0 Å². The van der Waals surface area contributed by atoms with Gasteiger partial charge < -0.3 is 5.32 Å². The van der Waals surface area contributed by atoms with Gasteiger partial charge in [-0.1, -0.05) is 31.5 Å². The Morgan fingerprint density at radius 3 is 3.00 bits per heavy atom. The molecule has 0 saturated carbocycles. The van der Waals surface area contributed by atoms with Gasteiger partial charge in [0.05, 0.1) is 0 Å². The number of hydrogen-bond acceptors (Lipinski definition) is 1. The van der Waals surface area contributed by atoms with Gasteiger partial charge in [-0.05, 0) is 61.4 Å². The molecule has 2 unspecified atom stereocenters. The summed E-state index contributed by atoms with van der Waals surface area (Å²) in [6, 6.07) is 6.87. The maximum absolute atomic E-state index is 6.14. The maximum atomic E-state index is 6.14. The van der Waals surface area contributed by atoms with Crippen LogP contribution in [0.3, 0.4) is 0 Å². The van der Waals surface area contributed by atoms with E-state index in [1.54, 1.807) is 0 Å². The van der Waals surface area contributed by atoms with Crippen molar-refractivity contribution < 1.29 is 0 Å². The number of hydrogen-bond donors (Lipinski definition) is 1. The molecule has 0 aromatic heterocycles. The zero-order valence-corrected chi connectivity index (χ0v) is 11.6. The largest absolute Gasteiger partial charge is 0.310 e. The van der Waals surface area contributed by atoms with E-state index in [4.69, 9.17) is 11.6 Å². The van der Waals surface area contributed by atoms with E-state index in [0.717, 1.165) is 17.5 Å². The fraction of sp³-hybridized carbons (Fsp3) is 0.600. The number of nitrogens with one attached hydrogen (secondary N) is 1. The molecule has 0 fully saturated rings. The lowest BCUT2D eigenvalue weighted by molar-refractivity contribution is 0.409. The Bertz CT molecular complexity index is 375. The number of fused-ring (bicyclic) bond motifs is 1. The second kappa shape index (κ2) is 5.88. The lowest BCUT2D eigenvalue weighted by Crippen LogP contribution is -2.23. The summed E-state index contributed by atoms with van der Waals surface area (Å²) < 4.78 is 0. The van der Waals surface area contributed by atoms with Gasteiger partial charge in [0.2, 0.25) is 0 Å². The van der Waals surface area contributed by atoms with Crippen molar-refractivity contribution >= 4 is 11.6 Å². The monoisotopic (exact) mass is 251 g/mol. The summed E-state index contributed by atoms with van der Waals surface area (Å²) in [5.74, 6) is 0.788. The summed E-state index contributed by atoms with van der Waals surface area (Å²) >= 11 is 6.14. The average molecular weight is 252 g/mol. The first-order valence-corrected chi connectivity index (χ1v) is 7.10. The Morgan fingerprint density at radius 2 is 2.24 bits per heavy atom. The van der Waals surface area contributed by atoms with Crippen LogP contribution in [0.15, 0.2) is 18.2 Å². The summed E-state index contributed by atoms with van der Waals surface area (Å²) in [7, 11) is 0. The van der Waals surface area contributed by atoms with Crippen LogP contribution in [0.2, 0.25) is 5.02 Å². The number of benzene rings is 1. The van der Waals surface area contributed by atoms with Crippen LogP contribution in [0, 0.1) is 5.92 Å². The van der Waals surface area contributed by atoms with Crippen LogP contribution in [-0.2, 0) is 6.42 Å². The van der Waals surface area contributed by atoms with Gasteiger partial charge in [0.15, 0.2) is 0 Å². The van der Waals surface area contributed by atoms with Crippen molar-refractivity contribution in [3.63, 3.8) is 0 Å². The second-order valence-electron chi connectivity index (χ2n) is 5.23. The molecule has 0 amide bonds. The molecular formula is C15H22ClN. The molecule has 0 spiro atoms. The number of aryl methyl sites for hydroxylation is 1. The molecule has 17 heavy (non-hydrogen) atoms. The quantitative estimate of drug-likeness (QED) is 0.788. The van der Waals surface area contributed by atoms with Crippen LogP contribution < -0.4 is 5.32 Å².